The van der Waals surface area contributed by atoms with Crippen LogP contribution in [0.4, 0.5) is 5.69 Å². The van der Waals surface area contributed by atoms with Crippen LogP contribution in [0.1, 0.15) is 25.7 Å². The van der Waals surface area contributed by atoms with Crippen LogP contribution in [0.15, 0.2) is 54.6 Å². The molecular formula is C20H19NO3. The van der Waals surface area contributed by atoms with Crippen molar-refractivity contribution in [1.29, 1.82) is 0 Å². The maximum absolute atomic E-state index is 12.6. The summed E-state index contributed by atoms with van der Waals surface area (Å²) in [7, 11) is 0. The van der Waals surface area contributed by atoms with Gasteiger partial charge in [-0.1, -0.05) is 31.0 Å². The van der Waals surface area contributed by atoms with Crippen molar-refractivity contribution in [2.45, 2.75) is 25.7 Å². The zero-order chi connectivity index (χ0) is 16.5. The third kappa shape index (κ3) is 2.58. The van der Waals surface area contributed by atoms with Gasteiger partial charge in [0.25, 0.3) is 0 Å². The summed E-state index contributed by atoms with van der Waals surface area (Å²) >= 11 is 0. The second kappa shape index (κ2) is 6.11. The minimum Gasteiger partial charge on any atom is -0.457 e. The summed E-state index contributed by atoms with van der Waals surface area (Å²) < 4.78 is 5.76. The fraction of sp³-hybridized carbons (Fsp3) is 0.300. The van der Waals surface area contributed by atoms with Crippen molar-refractivity contribution in [3.05, 3.63) is 54.6 Å². The number of amides is 2. The number of carbonyl (C=O) groups excluding carboxylic acids is 2. The van der Waals surface area contributed by atoms with Gasteiger partial charge in [0.05, 0.1) is 17.5 Å². The molecule has 2 fully saturated rings. The van der Waals surface area contributed by atoms with E-state index in [1.54, 1.807) is 24.3 Å². The van der Waals surface area contributed by atoms with Gasteiger partial charge in [0.1, 0.15) is 11.5 Å². The molecule has 1 saturated heterocycles. The Balaban J connectivity index is 1.54. The molecule has 0 aromatic heterocycles. The van der Waals surface area contributed by atoms with E-state index in [-0.39, 0.29) is 23.7 Å². The number of ether oxygens (including phenoxy) is 1. The van der Waals surface area contributed by atoms with Crippen LogP contribution in [0, 0.1) is 11.8 Å². The van der Waals surface area contributed by atoms with E-state index in [9.17, 15) is 9.59 Å². The SMILES string of the molecule is O=C1[C@@H]2CCCC[C@H]2C(=O)N1c1ccc(Oc2ccccc2)cc1. The van der Waals surface area contributed by atoms with E-state index in [2.05, 4.69) is 0 Å². The number of fused-ring (bicyclic) bond motifs is 1. The maximum Gasteiger partial charge on any atom is 0.237 e. The number of hydrogen-bond acceptors (Lipinski definition) is 3. The van der Waals surface area contributed by atoms with Crippen molar-refractivity contribution >= 4 is 17.5 Å². The topological polar surface area (TPSA) is 46.6 Å². The molecule has 1 aliphatic heterocycles. The first-order valence-electron chi connectivity index (χ1n) is 8.45. The highest BCUT2D eigenvalue weighted by molar-refractivity contribution is 6.22. The number of carbonyl (C=O) groups is 2. The number of rotatable bonds is 3. The van der Waals surface area contributed by atoms with Crippen molar-refractivity contribution in [3.63, 3.8) is 0 Å². The van der Waals surface area contributed by atoms with Crippen molar-refractivity contribution in [2.24, 2.45) is 11.8 Å². The Labute approximate surface area is 141 Å². The third-order valence-corrected chi connectivity index (χ3v) is 4.91. The zero-order valence-electron chi connectivity index (χ0n) is 13.4. The highest BCUT2D eigenvalue weighted by Crippen LogP contribution is 2.40. The summed E-state index contributed by atoms with van der Waals surface area (Å²) in [6.45, 7) is 0. The monoisotopic (exact) mass is 321 g/mol. The Morgan fingerprint density at radius 1 is 0.750 bits per heavy atom. The lowest BCUT2D eigenvalue weighted by Crippen LogP contribution is -2.30. The molecule has 1 aliphatic carbocycles. The lowest BCUT2D eigenvalue weighted by molar-refractivity contribution is -0.122. The Morgan fingerprint density at radius 2 is 1.29 bits per heavy atom. The molecule has 1 saturated carbocycles. The molecule has 24 heavy (non-hydrogen) atoms. The summed E-state index contributed by atoms with van der Waals surface area (Å²) in [5.74, 6) is 1.12. The average molecular weight is 321 g/mol. The molecular weight excluding hydrogens is 302 g/mol. The van der Waals surface area contributed by atoms with Crippen LogP contribution in [0.25, 0.3) is 0 Å². The van der Waals surface area contributed by atoms with Crippen LogP contribution in [-0.2, 0) is 9.59 Å². The summed E-state index contributed by atoms with van der Waals surface area (Å²) in [6.07, 6.45) is 3.75. The third-order valence-electron chi connectivity index (χ3n) is 4.91. The number of anilines is 1. The summed E-state index contributed by atoms with van der Waals surface area (Å²) in [5.41, 5.74) is 0.639. The molecule has 0 spiro atoms. The molecule has 4 rings (SSSR count). The fourth-order valence-electron chi connectivity index (χ4n) is 3.70. The van der Waals surface area contributed by atoms with Gasteiger partial charge < -0.3 is 4.74 Å². The van der Waals surface area contributed by atoms with Crippen LogP contribution in [0.5, 0.6) is 11.5 Å². The highest BCUT2D eigenvalue weighted by atomic mass is 16.5. The lowest BCUT2D eigenvalue weighted by atomic mass is 9.81. The Bertz CT molecular complexity index is 730. The van der Waals surface area contributed by atoms with Crippen LogP contribution >= 0.6 is 0 Å². The molecule has 2 amide bonds. The molecule has 4 nitrogen and oxygen atoms in total. The standard InChI is InChI=1S/C20H19NO3/c22-19-17-8-4-5-9-18(17)20(23)21(19)14-10-12-16(13-11-14)24-15-6-2-1-3-7-15/h1-3,6-7,10-13,17-18H,4-5,8-9H2/t17-,18-/m1/s1. The average Bonchev–Trinajstić information content (AvgIpc) is 2.88. The quantitative estimate of drug-likeness (QED) is 0.798. The Morgan fingerprint density at radius 3 is 1.88 bits per heavy atom. The lowest BCUT2D eigenvalue weighted by Gasteiger charge is -2.19. The van der Waals surface area contributed by atoms with E-state index in [1.165, 1.54) is 4.90 Å². The molecule has 0 bridgehead atoms. The molecule has 2 atom stereocenters. The van der Waals surface area contributed by atoms with Crippen molar-refractivity contribution in [1.82, 2.24) is 0 Å². The van der Waals surface area contributed by atoms with E-state index < -0.39 is 0 Å². The van der Waals surface area contributed by atoms with Gasteiger partial charge in [0.15, 0.2) is 0 Å². The normalized spacial score (nSPS) is 23.2. The van der Waals surface area contributed by atoms with E-state index in [0.29, 0.717) is 11.4 Å². The number of nitrogens with zero attached hydrogens (tertiary/aromatic N) is 1. The second-order valence-electron chi connectivity index (χ2n) is 6.42. The first-order chi connectivity index (χ1) is 11.7. The fourth-order valence-corrected chi connectivity index (χ4v) is 3.70. The first-order valence-corrected chi connectivity index (χ1v) is 8.45. The molecule has 122 valence electrons. The van der Waals surface area contributed by atoms with Gasteiger partial charge in [-0.05, 0) is 49.2 Å². The Hall–Kier alpha value is -2.62. The van der Waals surface area contributed by atoms with Crippen LogP contribution in [0.2, 0.25) is 0 Å². The van der Waals surface area contributed by atoms with E-state index in [4.69, 9.17) is 4.74 Å². The van der Waals surface area contributed by atoms with E-state index in [1.807, 2.05) is 30.3 Å². The van der Waals surface area contributed by atoms with Gasteiger partial charge in [-0.2, -0.15) is 0 Å². The maximum atomic E-state index is 12.6. The number of benzene rings is 2. The summed E-state index contributed by atoms with van der Waals surface area (Å²) in [4.78, 5) is 26.6. The minimum absolute atomic E-state index is 0.0403. The van der Waals surface area contributed by atoms with Crippen LogP contribution < -0.4 is 9.64 Å². The van der Waals surface area contributed by atoms with Gasteiger partial charge in [-0.3, -0.25) is 14.5 Å². The smallest absolute Gasteiger partial charge is 0.237 e. The van der Waals surface area contributed by atoms with Crippen molar-refractivity contribution in [2.75, 3.05) is 4.90 Å². The molecule has 0 unspecified atom stereocenters. The van der Waals surface area contributed by atoms with Gasteiger partial charge in [-0.15, -0.1) is 0 Å². The minimum atomic E-state index is -0.119. The zero-order valence-corrected chi connectivity index (χ0v) is 13.4. The Kier molecular flexibility index (Phi) is 3.81. The van der Waals surface area contributed by atoms with Crippen molar-refractivity contribution < 1.29 is 14.3 Å². The van der Waals surface area contributed by atoms with E-state index >= 15 is 0 Å². The van der Waals surface area contributed by atoms with Gasteiger partial charge in [0, 0.05) is 0 Å². The van der Waals surface area contributed by atoms with Gasteiger partial charge in [-0.25, -0.2) is 0 Å². The number of imide groups is 1. The van der Waals surface area contributed by atoms with E-state index in [0.717, 1.165) is 31.4 Å². The number of para-hydroxylation sites is 1. The molecule has 2 aliphatic rings. The molecule has 0 N–H and O–H groups in total. The molecule has 1 heterocycles. The number of hydrogen-bond donors (Lipinski definition) is 0. The highest BCUT2D eigenvalue weighted by Gasteiger charge is 2.48. The van der Waals surface area contributed by atoms with Crippen LogP contribution in [0.3, 0.4) is 0 Å². The predicted molar refractivity (Wildman–Crippen MR) is 90.9 cm³/mol. The second-order valence-corrected chi connectivity index (χ2v) is 6.42. The first kappa shape index (κ1) is 14.9. The predicted octanol–water partition coefficient (Wildman–Crippen LogP) is 4.16. The largest absolute Gasteiger partial charge is 0.457 e. The molecule has 4 heteroatoms. The van der Waals surface area contributed by atoms with Crippen molar-refractivity contribution in [3.8, 4) is 11.5 Å². The van der Waals surface area contributed by atoms with Gasteiger partial charge >= 0.3 is 0 Å². The van der Waals surface area contributed by atoms with Gasteiger partial charge in [0.2, 0.25) is 11.8 Å². The summed E-state index contributed by atoms with van der Waals surface area (Å²) in [6, 6.07) is 16.7. The molecule has 2 aromatic carbocycles. The molecule has 2 aromatic rings. The van der Waals surface area contributed by atoms with Crippen LogP contribution in [-0.4, -0.2) is 11.8 Å². The molecule has 0 radical (unpaired) electrons. The summed E-state index contributed by atoms with van der Waals surface area (Å²) in [5, 5.41) is 0.